The van der Waals surface area contributed by atoms with Gasteiger partial charge in [-0.2, -0.15) is 0 Å². The zero-order chi connectivity index (χ0) is 22.6. The van der Waals surface area contributed by atoms with Crippen molar-refractivity contribution >= 4 is 5.78 Å². The highest BCUT2D eigenvalue weighted by Gasteiger charge is 2.62. The first-order valence-corrected chi connectivity index (χ1v) is 11.9. The Kier molecular flexibility index (Phi) is 5.96. The molecule has 1 fully saturated rings. The topological polar surface area (TPSA) is 17.1 Å². The van der Waals surface area contributed by atoms with E-state index >= 15 is 0 Å². The van der Waals surface area contributed by atoms with Crippen LogP contribution in [0.3, 0.4) is 0 Å². The maximum atomic E-state index is 14.4. The molecule has 0 amide bonds. The van der Waals surface area contributed by atoms with Gasteiger partial charge in [0.25, 0.3) is 0 Å². The van der Waals surface area contributed by atoms with E-state index in [1.54, 1.807) is 0 Å². The predicted molar refractivity (Wildman–Crippen MR) is 135 cm³/mol. The minimum absolute atomic E-state index is 0.355. The molecule has 0 bridgehead atoms. The number of Topliss-reactive ketones (excluding diaryl/α,β-unsaturated/α-hetero) is 1. The second-order valence-corrected chi connectivity index (χ2v) is 9.72. The van der Waals surface area contributed by atoms with Crippen LogP contribution in [0.2, 0.25) is 0 Å². The molecular formula is C32H30O. The molecule has 1 heteroatoms. The van der Waals surface area contributed by atoms with Crippen LogP contribution in [0, 0.1) is 10.8 Å². The maximum Gasteiger partial charge on any atom is 0.146 e. The number of carbonyl (C=O) groups is 1. The average molecular weight is 431 g/mol. The predicted octanol–water partition coefficient (Wildman–Crippen LogP) is 6.90. The van der Waals surface area contributed by atoms with E-state index in [1.807, 2.05) is 24.3 Å². The summed E-state index contributed by atoms with van der Waals surface area (Å²) in [7, 11) is 0. The van der Waals surface area contributed by atoms with Crippen molar-refractivity contribution in [1.29, 1.82) is 0 Å². The molecule has 4 aromatic carbocycles. The molecule has 0 atom stereocenters. The Balaban J connectivity index is 1.51. The van der Waals surface area contributed by atoms with Crippen LogP contribution in [-0.2, 0) is 30.5 Å². The summed E-state index contributed by atoms with van der Waals surface area (Å²) >= 11 is 0. The number of benzene rings is 4. The summed E-state index contributed by atoms with van der Waals surface area (Å²) < 4.78 is 0. The van der Waals surface area contributed by atoms with Crippen LogP contribution in [0.1, 0.15) is 28.7 Å². The molecule has 1 aliphatic carbocycles. The molecule has 164 valence electrons. The van der Waals surface area contributed by atoms with Crippen LogP contribution in [0.25, 0.3) is 0 Å². The third kappa shape index (κ3) is 4.54. The van der Waals surface area contributed by atoms with Gasteiger partial charge in [-0.25, -0.2) is 0 Å². The van der Waals surface area contributed by atoms with Gasteiger partial charge < -0.3 is 0 Å². The molecule has 0 heterocycles. The standard InChI is InChI=1S/C32H30O/c33-30-31(21-26-13-5-1-6-14-26,22-27-15-7-2-8-16-27)25-32(30,23-28-17-9-3-10-18-28)24-29-19-11-4-12-20-29/h1-20H,21-25H2. The summed E-state index contributed by atoms with van der Waals surface area (Å²) in [5, 5.41) is 0. The highest BCUT2D eigenvalue weighted by atomic mass is 16.1. The van der Waals surface area contributed by atoms with Gasteiger partial charge in [0.15, 0.2) is 0 Å². The van der Waals surface area contributed by atoms with Crippen molar-refractivity contribution in [3.8, 4) is 0 Å². The van der Waals surface area contributed by atoms with Crippen molar-refractivity contribution in [2.75, 3.05) is 0 Å². The lowest BCUT2D eigenvalue weighted by molar-refractivity contribution is -0.159. The molecule has 0 saturated heterocycles. The molecule has 0 unspecified atom stereocenters. The number of ketones is 1. The second kappa shape index (κ2) is 9.19. The van der Waals surface area contributed by atoms with Gasteiger partial charge in [-0.1, -0.05) is 121 Å². The number of rotatable bonds is 8. The highest BCUT2D eigenvalue weighted by Crippen LogP contribution is 2.57. The number of carbonyl (C=O) groups excluding carboxylic acids is 1. The molecule has 0 radical (unpaired) electrons. The lowest BCUT2D eigenvalue weighted by Crippen LogP contribution is -2.61. The van der Waals surface area contributed by atoms with E-state index in [0.717, 1.165) is 32.1 Å². The van der Waals surface area contributed by atoms with Crippen LogP contribution < -0.4 is 0 Å². The van der Waals surface area contributed by atoms with Crippen molar-refractivity contribution in [3.63, 3.8) is 0 Å². The Bertz CT molecular complexity index is 1000. The third-order valence-electron chi connectivity index (χ3n) is 7.18. The van der Waals surface area contributed by atoms with Crippen LogP contribution in [0.15, 0.2) is 121 Å². The fourth-order valence-electron chi connectivity index (χ4n) is 5.91. The van der Waals surface area contributed by atoms with Crippen LogP contribution >= 0.6 is 0 Å². The molecule has 33 heavy (non-hydrogen) atoms. The molecule has 0 spiro atoms. The Hall–Kier alpha value is -3.45. The van der Waals surface area contributed by atoms with E-state index in [4.69, 9.17) is 0 Å². The summed E-state index contributed by atoms with van der Waals surface area (Å²) in [6.07, 6.45) is 4.10. The van der Waals surface area contributed by atoms with Crippen LogP contribution in [0.5, 0.6) is 0 Å². The fraction of sp³-hybridized carbons (Fsp3) is 0.219. The molecular weight excluding hydrogens is 400 g/mol. The molecule has 1 aliphatic rings. The maximum absolute atomic E-state index is 14.4. The molecule has 0 N–H and O–H groups in total. The van der Waals surface area contributed by atoms with Gasteiger partial charge in [-0.15, -0.1) is 0 Å². The summed E-state index contributed by atoms with van der Waals surface area (Å²) in [5.41, 5.74) is 4.27. The minimum atomic E-state index is -0.355. The Morgan fingerprint density at radius 1 is 0.424 bits per heavy atom. The van der Waals surface area contributed by atoms with E-state index in [-0.39, 0.29) is 10.8 Å². The van der Waals surface area contributed by atoms with Gasteiger partial charge in [0, 0.05) is 10.8 Å². The molecule has 0 aliphatic heterocycles. The molecule has 4 aromatic rings. The number of hydrogen-bond donors (Lipinski definition) is 0. The third-order valence-corrected chi connectivity index (χ3v) is 7.18. The van der Waals surface area contributed by atoms with Crippen LogP contribution in [-0.4, -0.2) is 5.78 Å². The van der Waals surface area contributed by atoms with Gasteiger partial charge in [0.2, 0.25) is 0 Å². The van der Waals surface area contributed by atoms with Gasteiger partial charge in [-0.3, -0.25) is 4.79 Å². The zero-order valence-electron chi connectivity index (χ0n) is 19.0. The molecule has 0 aromatic heterocycles. The fourth-order valence-corrected chi connectivity index (χ4v) is 5.91. The average Bonchev–Trinajstić information content (AvgIpc) is 2.86. The van der Waals surface area contributed by atoms with Crippen molar-refractivity contribution < 1.29 is 4.79 Å². The lowest BCUT2D eigenvalue weighted by Gasteiger charge is -2.55. The second-order valence-electron chi connectivity index (χ2n) is 9.72. The van der Waals surface area contributed by atoms with Crippen molar-refractivity contribution in [3.05, 3.63) is 144 Å². The molecule has 1 saturated carbocycles. The summed E-state index contributed by atoms with van der Waals surface area (Å²) in [6, 6.07) is 42.1. The Morgan fingerprint density at radius 3 is 0.879 bits per heavy atom. The van der Waals surface area contributed by atoms with E-state index in [9.17, 15) is 4.79 Å². The largest absolute Gasteiger partial charge is 0.298 e. The quantitative estimate of drug-likeness (QED) is 0.297. The van der Waals surface area contributed by atoms with Crippen molar-refractivity contribution in [1.82, 2.24) is 0 Å². The van der Waals surface area contributed by atoms with Crippen molar-refractivity contribution in [2.24, 2.45) is 10.8 Å². The Morgan fingerprint density at radius 2 is 0.667 bits per heavy atom. The summed E-state index contributed by atoms with van der Waals surface area (Å²) in [5.74, 6) is 0.426. The van der Waals surface area contributed by atoms with E-state index in [0.29, 0.717) is 5.78 Å². The smallest absolute Gasteiger partial charge is 0.146 e. The van der Waals surface area contributed by atoms with Gasteiger partial charge in [0.1, 0.15) is 5.78 Å². The van der Waals surface area contributed by atoms with Crippen molar-refractivity contribution in [2.45, 2.75) is 32.1 Å². The summed E-state index contributed by atoms with van der Waals surface area (Å²) in [6.45, 7) is 0. The zero-order valence-corrected chi connectivity index (χ0v) is 19.0. The highest BCUT2D eigenvalue weighted by molar-refractivity contribution is 5.97. The normalized spacial score (nSPS) is 16.2. The molecule has 1 nitrogen and oxygen atoms in total. The first kappa shape index (κ1) is 21.4. The van der Waals surface area contributed by atoms with E-state index in [1.165, 1.54) is 22.3 Å². The first-order chi connectivity index (χ1) is 16.2. The monoisotopic (exact) mass is 430 g/mol. The van der Waals surface area contributed by atoms with Gasteiger partial charge in [0.05, 0.1) is 0 Å². The van der Waals surface area contributed by atoms with Gasteiger partial charge >= 0.3 is 0 Å². The van der Waals surface area contributed by atoms with Crippen LogP contribution in [0.4, 0.5) is 0 Å². The molecule has 5 rings (SSSR count). The number of hydrogen-bond acceptors (Lipinski definition) is 1. The minimum Gasteiger partial charge on any atom is -0.298 e. The van der Waals surface area contributed by atoms with Gasteiger partial charge in [-0.05, 0) is 54.4 Å². The van der Waals surface area contributed by atoms with E-state index < -0.39 is 0 Å². The summed E-state index contributed by atoms with van der Waals surface area (Å²) in [4.78, 5) is 14.4. The Labute approximate surface area is 197 Å². The van der Waals surface area contributed by atoms with E-state index in [2.05, 4.69) is 97.1 Å². The SMILES string of the molecule is O=C1C(Cc2ccccc2)(Cc2ccccc2)CC1(Cc1ccccc1)Cc1ccccc1. The lowest BCUT2D eigenvalue weighted by atomic mass is 9.45. The first-order valence-electron chi connectivity index (χ1n) is 11.9.